The molecule has 0 bridgehead atoms. The largest absolute Gasteiger partial charge is 0.497 e. The predicted octanol–water partition coefficient (Wildman–Crippen LogP) is 4.03. The third-order valence-corrected chi connectivity index (χ3v) is 5.17. The monoisotopic (exact) mass is 382 g/mol. The number of methoxy groups -OCH3 is 1. The maximum absolute atomic E-state index is 12.5. The van der Waals surface area contributed by atoms with Crippen molar-refractivity contribution in [2.75, 3.05) is 12.0 Å². The minimum absolute atomic E-state index is 0.0394. The van der Waals surface area contributed by atoms with Gasteiger partial charge in [-0.1, -0.05) is 35.9 Å². The molecule has 4 rings (SSSR count). The van der Waals surface area contributed by atoms with E-state index in [0.29, 0.717) is 17.4 Å². The van der Waals surface area contributed by atoms with E-state index in [0.717, 1.165) is 16.9 Å². The van der Waals surface area contributed by atoms with Crippen LogP contribution in [0.3, 0.4) is 0 Å². The number of fused-ring (bicyclic) bond motifs is 1. The average molecular weight is 383 g/mol. The summed E-state index contributed by atoms with van der Waals surface area (Å²) >= 11 is 6.05. The summed E-state index contributed by atoms with van der Waals surface area (Å²) in [7, 11) is 1.64. The zero-order valence-corrected chi connectivity index (χ0v) is 15.8. The number of anilines is 1. The van der Waals surface area contributed by atoms with Crippen molar-refractivity contribution in [3.8, 4) is 5.75 Å². The van der Waals surface area contributed by atoms with Crippen LogP contribution in [0.1, 0.15) is 36.6 Å². The molecule has 0 aliphatic carbocycles. The first-order chi connectivity index (χ1) is 13.1. The number of halogens is 1. The first-order valence-electron chi connectivity index (χ1n) is 8.67. The Bertz CT molecular complexity index is 953. The Morgan fingerprint density at radius 3 is 2.33 bits per heavy atom. The molecule has 0 spiro atoms. The lowest BCUT2D eigenvalue weighted by molar-refractivity contribution is -0.117. The molecule has 1 aliphatic heterocycles. The maximum Gasteiger partial charge on any atom is 0.231 e. The van der Waals surface area contributed by atoms with E-state index in [2.05, 4.69) is 10.1 Å². The minimum Gasteiger partial charge on any atom is -0.497 e. The van der Waals surface area contributed by atoms with E-state index < -0.39 is 0 Å². The van der Waals surface area contributed by atoms with Gasteiger partial charge in [-0.3, -0.25) is 9.69 Å². The lowest BCUT2D eigenvalue weighted by Gasteiger charge is -2.38. The normalized spacial score (nSPS) is 18.9. The van der Waals surface area contributed by atoms with Crippen molar-refractivity contribution in [2.45, 2.75) is 25.4 Å². The molecule has 2 heterocycles. The van der Waals surface area contributed by atoms with Gasteiger partial charge in [-0.2, -0.15) is 10.1 Å². The van der Waals surface area contributed by atoms with E-state index in [1.54, 1.807) is 18.9 Å². The molecule has 3 aromatic rings. The van der Waals surface area contributed by atoms with Crippen LogP contribution >= 0.6 is 11.6 Å². The van der Waals surface area contributed by atoms with Crippen LogP contribution in [-0.2, 0) is 4.79 Å². The van der Waals surface area contributed by atoms with Gasteiger partial charge in [0.2, 0.25) is 11.9 Å². The molecule has 0 saturated heterocycles. The van der Waals surface area contributed by atoms with Gasteiger partial charge in [0.15, 0.2) is 0 Å². The van der Waals surface area contributed by atoms with Gasteiger partial charge in [-0.15, -0.1) is 0 Å². The standard InChI is InChI=1S/C20H19ClN4O2/c1-13(26)24-18(14-5-9-17(27-2)10-6-14)11-19(25-20(24)22-12-23-25)15-3-7-16(21)8-4-15/h3-10,12,18-19H,11H2,1-2H3/t18-,19-/m1/s1. The van der Waals surface area contributed by atoms with Crippen LogP contribution in [0.4, 0.5) is 5.95 Å². The molecular weight excluding hydrogens is 364 g/mol. The number of carbonyl (C=O) groups is 1. The fraction of sp³-hybridized carbons (Fsp3) is 0.250. The van der Waals surface area contributed by atoms with Crippen LogP contribution in [0.2, 0.25) is 5.02 Å². The van der Waals surface area contributed by atoms with Crippen molar-refractivity contribution in [3.05, 3.63) is 71.0 Å². The van der Waals surface area contributed by atoms with Gasteiger partial charge in [-0.25, -0.2) is 4.68 Å². The van der Waals surface area contributed by atoms with Crippen molar-refractivity contribution < 1.29 is 9.53 Å². The Kier molecular flexibility index (Phi) is 4.58. The molecule has 2 aromatic carbocycles. The predicted molar refractivity (Wildman–Crippen MR) is 103 cm³/mol. The lowest BCUT2D eigenvalue weighted by Crippen LogP contribution is -2.41. The second-order valence-electron chi connectivity index (χ2n) is 6.49. The number of hydrogen-bond acceptors (Lipinski definition) is 4. The van der Waals surface area contributed by atoms with E-state index in [4.69, 9.17) is 16.3 Å². The quantitative estimate of drug-likeness (QED) is 0.686. The van der Waals surface area contributed by atoms with Crippen LogP contribution in [-0.4, -0.2) is 27.8 Å². The molecule has 27 heavy (non-hydrogen) atoms. The van der Waals surface area contributed by atoms with Gasteiger partial charge in [-0.05, 0) is 41.8 Å². The number of rotatable bonds is 3. The van der Waals surface area contributed by atoms with Crippen LogP contribution in [0.5, 0.6) is 5.75 Å². The molecule has 1 aromatic heterocycles. The topological polar surface area (TPSA) is 60.2 Å². The van der Waals surface area contributed by atoms with Crippen LogP contribution in [0.15, 0.2) is 54.9 Å². The second kappa shape index (κ2) is 7.04. The van der Waals surface area contributed by atoms with E-state index in [1.165, 1.54) is 6.33 Å². The highest BCUT2D eigenvalue weighted by Crippen LogP contribution is 2.42. The Hall–Kier alpha value is -2.86. The van der Waals surface area contributed by atoms with Gasteiger partial charge in [0.1, 0.15) is 12.1 Å². The molecule has 0 fully saturated rings. The molecule has 2 atom stereocenters. The Morgan fingerprint density at radius 1 is 1.07 bits per heavy atom. The highest BCUT2D eigenvalue weighted by Gasteiger charge is 2.38. The Morgan fingerprint density at radius 2 is 1.70 bits per heavy atom. The number of benzene rings is 2. The van der Waals surface area contributed by atoms with Crippen molar-refractivity contribution in [2.24, 2.45) is 0 Å². The van der Waals surface area contributed by atoms with E-state index in [1.807, 2.05) is 53.2 Å². The molecule has 0 unspecified atom stereocenters. The molecule has 0 radical (unpaired) electrons. The first-order valence-corrected chi connectivity index (χ1v) is 9.05. The lowest BCUT2D eigenvalue weighted by atomic mass is 9.92. The van der Waals surface area contributed by atoms with Crippen molar-refractivity contribution in [1.82, 2.24) is 14.8 Å². The average Bonchev–Trinajstić information content (AvgIpc) is 3.17. The number of hydrogen-bond donors (Lipinski definition) is 0. The Balaban J connectivity index is 1.80. The summed E-state index contributed by atoms with van der Waals surface area (Å²) in [5.74, 6) is 1.26. The Labute approximate surface area is 162 Å². The van der Waals surface area contributed by atoms with E-state index in [9.17, 15) is 4.79 Å². The first kappa shape index (κ1) is 17.5. The molecule has 1 aliphatic rings. The van der Waals surface area contributed by atoms with Crippen molar-refractivity contribution in [1.29, 1.82) is 0 Å². The third kappa shape index (κ3) is 3.17. The van der Waals surface area contributed by atoms with E-state index in [-0.39, 0.29) is 18.0 Å². The fourth-order valence-electron chi connectivity index (χ4n) is 3.63. The van der Waals surface area contributed by atoms with Gasteiger partial charge >= 0.3 is 0 Å². The maximum atomic E-state index is 12.5. The second-order valence-corrected chi connectivity index (χ2v) is 6.92. The third-order valence-electron chi connectivity index (χ3n) is 4.92. The highest BCUT2D eigenvalue weighted by molar-refractivity contribution is 6.30. The highest BCUT2D eigenvalue weighted by atomic mass is 35.5. The summed E-state index contributed by atoms with van der Waals surface area (Å²) in [5.41, 5.74) is 2.10. The van der Waals surface area contributed by atoms with Gasteiger partial charge in [0.05, 0.1) is 19.2 Å². The summed E-state index contributed by atoms with van der Waals surface area (Å²) < 4.78 is 7.07. The molecular formula is C20H19ClN4O2. The summed E-state index contributed by atoms with van der Waals surface area (Å²) in [5, 5.41) is 5.07. The molecule has 6 nitrogen and oxygen atoms in total. The van der Waals surface area contributed by atoms with Crippen molar-refractivity contribution >= 4 is 23.5 Å². The summed E-state index contributed by atoms with van der Waals surface area (Å²) in [6.07, 6.45) is 2.18. The molecule has 1 amide bonds. The molecule has 7 heteroatoms. The zero-order chi connectivity index (χ0) is 19.0. The number of amides is 1. The fourth-order valence-corrected chi connectivity index (χ4v) is 3.75. The molecule has 0 N–H and O–H groups in total. The number of ether oxygens (including phenoxy) is 1. The molecule has 0 saturated carbocycles. The number of aromatic nitrogens is 3. The van der Waals surface area contributed by atoms with Crippen molar-refractivity contribution in [3.63, 3.8) is 0 Å². The van der Waals surface area contributed by atoms with Crippen LogP contribution < -0.4 is 9.64 Å². The van der Waals surface area contributed by atoms with Gasteiger partial charge in [0, 0.05) is 11.9 Å². The number of nitrogens with zero attached hydrogens (tertiary/aromatic N) is 4. The number of carbonyl (C=O) groups excluding carboxylic acids is 1. The zero-order valence-electron chi connectivity index (χ0n) is 15.0. The van der Waals surface area contributed by atoms with E-state index >= 15 is 0 Å². The molecule has 138 valence electrons. The summed E-state index contributed by atoms with van der Waals surface area (Å²) in [6.45, 7) is 1.55. The minimum atomic E-state index is -0.147. The van der Waals surface area contributed by atoms with Gasteiger partial charge in [0.25, 0.3) is 0 Å². The summed E-state index contributed by atoms with van der Waals surface area (Å²) in [4.78, 5) is 18.5. The smallest absolute Gasteiger partial charge is 0.231 e. The van der Waals surface area contributed by atoms with Gasteiger partial charge < -0.3 is 4.74 Å². The van der Waals surface area contributed by atoms with Crippen LogP contribution in [0, 0.1) is 0 Å². The summed E-state index contributed by atoms with van der Waals surface area (Å²) in [6, 6.07) is 15.3. The van der Waals surface area contributed by atoms with Crippen LogP contribution in [0.25, 0.3) is 0 Å². The SMILES string of the molecule is COc1ccc([C@H]2C[C@H](c3ccc(Cl)cc3)n3ncnc3N2C(C)=O)cc1.